The van der Waals surface area contributed by atoms with Gasteiger partial charge in [-0.1, -0.05) is 12.1 Å². The van der Waals surface area contributed by atoms with Gasteiger partial charge in [0.2, 0.25) is 0 Å². The Morgan fingerprint density at radius 3 is 2.61 bits per heavy atom. The van der Waals surface area contributed by atoms with Crippen LogP contribution < -0.4 is 10.1 Å². The molecule has 0 fully saturated rings. The number of hydrogen-bond donors (Lipinski definition) is 1. The van der Waals surface area contributed by atoms with E-state index in [-0.39, 0.29) is 0 Å². The normalized spacial score (nSPS) is 10.6. The zero-order chi connectivity index (χ0) is 13.2. The molecule has 0 aliphatic carbocycles. The minimum Gasteiger partial charge on any atom is -0.496 e. The molecule has 0 saturated carbocycles. The Bertz CT molecular complexity index is 339. The highest BCUT2D eigenvalue weighted by Crippen LogP contribution is 2.19. The van der Waals surface area contributed by atoms with Crippen molar-refractivity contribution in [2.45, 2.75) is 26.2 Å². The lowest BCUT2D eigenvalue weighted by Crippen LogP contribution is -2.20. The minimum absolute atomic E-state index is 0.789. The molecule has 0 atom stereocenters. The van der Waals surface area contributed by atoms with E-state index in [0.717, 1.165) is 31.9 Å². The van der Waals surface area contributed by atoms with E-state index in [2.05, 4.69) is 30.4 Å². The third-order valence-electron chi connectivity index (χ3n) is 3.01. The second-order valence-corrected chi connectivity index (χ2v) is 4.50. The molecule has 0 spiro atoms. The quantitative estimate of drug-likeness (QED) is 0.684. The first-order chi connectivity index (χ1) is 8.77. The van der Waals surface area contributed by atoms with Crippen molar-refractivity contribution < 1.29 is 9.47 Å². The van der Waals surface area contributed by atoms with Crippen molar-refractivity contribution in [3.8, 4) is 5.75 Å². The molecule has 0 aromatic heterocycles. The molecule has 1 aromatic rings. The van der Waals surface area contributed by atoms with E-state index in [1.807, 2.05) is 0 Å². The number of hydrogen-bond acceptors (Lipinski definition) is 3. The van der Waals surface area contributed by atoms with Crippen molar-refractivity contribution in [2.24, 2.45) is 0 Å². The Labute approximate surface area is 110 Å². The average molecular weight is 251 g/mol. The minimum atomic E-state index is 0.789. The van der Waals surface area contributed by atoms with Gasteiger partial charge in [0.15, 0.2) is 0 Å². The van der Waals surface area contributed by atoms with Crippen LogP contribution in [0.25, 0.3) is 0 Å². The van der Waals surface area contributed by atoms with Crippen LogP contribution >= 0.6 is 0 Å². The van der Waals surface area contributed by atoms with Gasteiger partial charge in [-0.3, -0.25) is 0 Å². The lowest BCUT2D eigenvalue weighted by Gasteiger charge is -2.08. The number of nitrogens with one attached hydrogen (secondary N) is 1. The van der Waals surface area contributed by atoms with Gasteiger partial charge < -0.3 is 14.8 Å². The van der Waals surface area contributed by atoms with Gasteiger partial charge >= 0.3 is 0 Å². The molecule has 0 aliphatic rings. The lowest BCUT2D eigenvalue weighted by molar-refractivity contribution is 0.199. The zero-order valence-electron chi connectivity index (χ0n) is 11.8. The number of rotatable bonds is 9. The molecule has 102 valence electrons. The Kier molecular flexibility index (Phi) is 7.46. The predicted molar refractivity (Wildman–Crippen MR) is 75.4 cm³/mol. The summed E-state index contributed by atoms with van der Waals surface area (Å²) in [4.78, 5) is 0. The molecule has 0 radical (unpaired) electrons. The summed E-state index contributed by atoms with van der Waals surface area (Å²) in [5.74, 6) is 0.972. The van der Waals surface area contributed by atoms with E-state index >= 15 is 0 Å². The summed E-state index contributed by atoms with van der Waals surface area (Å²) >= 11 is 0. The Balaban J connectivity index is 2.17. The Morgan fingerprint density at radius 2 is 1.94 bits per heavy atom. The highest BCUT2D eigenvalue weighted by Gasteiger charge is 1.99. The molecule has 0 saturated heterocycles. The SMILES string of the molecule is COCCNCCCCc1ccc(OC)c(C)c1. The van der Waals surface area contributed by atoms with Crippen LogP contribution in [0, 0.1) is 6.92 Å². The molecule has 0 unspecified atom stereocenters. The number of methoxy groups -OCH3 is 2. The summed E-state index contributed by atoms with van der Waals surface area (Å²) < 4.78 is 10.2. The van der Waals surface area contributed by atoms with Gasteiger partial charge in [-0.15, -0.1) is 0 Å². The predicted octanol–water partition coefficient (Wildman–Crippen LogP) is 2.56. The number of unbranched alkanes of at least 4 members (excludes halogenated alkanes) is 1. The lowest BCUT2D eigenvalue weighted by atomic mass is 10.1. The van der Waals surface area contributed by atoms with Crippen molar-refractivity contribution in [2.75, 3.05) is 33.9 Å². The summed E-state index contributed by atoms with van der Waals surface area (Å²) in [6, 6.07) is 6.43. The van der Waals surface area contributed by atoms with Crippen molar-refractivity contribution >= 4 is 0 Å². The van der Waals surface area contributed by atoms with E-state index in [9.17, 15) is 0 Å². The molecule has 0 bridgehead atoms. The maximum Gasteiger partial charge on any atom is 0.121 e. The largest absolute Gasteiger partial charge is 0.496 e. The second-order valence-electron chi connectivity index (χ2n) is 4.50. The summed E-state index contributed by atoms with van der Waals surface area (Å²) in [6.45, 7) is 4.89. The molecular weight excluding hydrogens is 226 g/mol. The molecule has 0 amide bonds. The number of aryl methyl sites for hydroxylation is 2. The van der Waals surface area contributed by atoms with Crippen LogP contribution in [0.2, 0.25) is 0 Å². The highest BCUT2D eigenvalue weighted by molar-refractivity contribution is 5.36. The van der Waals surface area contributed by atoms with Crippen molar-refractivity contribution in [1.29, 1.82) is 0 Å². The third-order valence-corrected chi connectivity index (χ3v) is 3.01. The first kappa shape index (κ1) is 15.0. The van der Waals surface area contributed by atoms with Crippen LogP contribution in [0.3, 0.4) is 0 Å². The first-order valence-electron chi connectivity index (χ1n) is 6.61. The van der Waals surface area contributed by atoms with Crippen LogP contribution in [-0.4, -0.2) is 33.9 Å². The van der Waals surface area contributed by atoms with Gasteiger partial charge in [0.25, 0.3) is 0 Å². The first-order valence-corrected chi connectivity index (χ1v) is 6.61. The fourth-order valence-corrected chi connectivity index (χ4v) is 1.97. The van der Waals surface area contributed by atoms with Crippen molar-refractivity contribution in [3.63, 3.8) is 0 Å². The topological polar surface area (TPSA) is 30.5 Å². The number of ether oxygens (including phenoxy) is 2. The molecule has 0 heterocycles. The van der Waals surface area contributed by atoms with Crippen LogP contribution in [-0.2, 0) is 11.2 Å². The van der Waals surface area contributed by atoms with E-state index < -0.39 is 0 Å². The monoisotopic (exact) mass is 251 g/mol. The smallest absolute Gasteiger partial charge is 0.121 e. The molecule has 1 rings (SSSR count). The average Bonchev–Trinajstić information content (AvgIpc) is 2.38. The van der Waals surface area contributed by atoms with Gasteiger partial charge in [-0.05, 0) is 49.9 Å². The fraction of sp³-hybridized carbons (Fsp3) is 0.600. The summed E-state index contributed by atoms with van der Waals surface area (Å²) in [5.41, 5.74) is 2.61. The van der Waals surface area contributed by atoms with Gasteiger partial charge in [0.05, 0.1) is 13.7 Å². The van der Waals surface area contributed by atoms with E-state index in [1.54, 1.807) is 14.2 Å². The van der Waals surface area contributed by atoms with E-state index in [1.165, 1.54) is 24.0 Å². The van der Waals surface area contributed by atoms with Crippen LogP contribution in [0.15, 0.2) is 18.2 Å². The summed E-state index contributed by atoms with van der Waals surface area (Å²) in [6.07, 6.45) is 3.55. The van der Waals surface area contributed by atoms with E-state index in [0.29, 0.717) is 0 Å². The molecule has 1 aromatic carbocycles. The Morgan fingerprint density at radius 1 is 1.11 bits per heavy atom. The van der Waals surface area contributed by atoms with Crippen LogP contribution in [0.5, 0.6) is 5.75 Å². The standard InChI is InChI=1S/C15H25NO2/c1-13-12-14(7-8-15(13)18-3)6-4-5-9-16-10-11-17-2/h7-8,12,16H,4-6,9-11H2,1-3H3. The molecule has 3 heteroatoms. The maximum absolute atomic E-state index is 5.26. The highest BCUT2D eigenvalue weighted by atomic mass is 16.5. The van der Waals surface area contributed by atoms with Crippen LogP contribution in [0.4, 0.5) is 0 Å². The van der Waals surface area contributed by atoms with Gasteiger partial charge in [0, 0.05) is 13.7 Å². The summed E-state index contributed by atoms with van der Waals surface area (Å²) in [5, 5.41) is 3.36. The van der Waals surface area contributed by atoms with Gasteiger partial charge in [-0.2, -0.15) is 0 Å². The fourth-order valence-electron chi connectivity index (χ4n) is 1.97. The second kappa shape index (κ2) is 8.95. The molecule has 1 N–H and O–H groups in total. The molecular formula is C15H25NO2. The summed E-state index contributed by atoms with van der Waals surface area (Å²) in [7, 11) is 3.45. The van der Waals surface area contributed by atoms with Gasteiger partial charge in [-0.25, -0.2) is 0 Å². The van der Waals surface area contributed by atoms with E-state index in [4.69, 9.17) is 9.47 Å². The molecule has 0 aliphatic heterocycles. The zero-order valence-corrected chi connectivity index (χ0v) is 11.8. The third kappa shape index (κ3) is 5.52. The van der Waals surface area contributed by atoms with Crippen molar-refractivity contribution in [1.82, 2.24) is 5.32 Å². The molecule has 18 heavy (non-hydrogen) atoms. The molecule has 3 nitrogen and oxygen atoms in total. The van der Waals surface area contributed by atoms with Crippen LogP contribution in [0.1, 0.15) is 24.0 Å². The van der Waals surface area contributed by atoms with Gasteiger partial charge in [0.1, 0.15) is 5.75 Å². The number of benzene rings is 1. The van der Waals surface area contributed by atoms with Crippen molar-refractivity contribution in [3.05, 3.63) is 29.3 Å². The Hall–Kier alpha value is -1.06. The maximum atomic E-state index is 5.26.